The second kappa shape index (κ2) is 3.77. The summed E-state index contributed by atoms with van der Waals surface area (Å²) < 4.78 is 25.3. The molecule has 2 rings (SSSR count). The quantitative estimate of drug-likeness (QED) is 0.686. The van der Waals surface area contributed by atoms with Gasteiger partial charge in [0.05, 0.1) is 0 Å². The minimum Gasteiger partial charge on any atom is -0.298 e. The van der Waals surface area contributed by atoms with Gasteiger partial charge in [-0.2, -0.15) is 0 Å². The highest BCUT2D eigenvalue weighted by atomic mass is 19.3. The minimum atomic E-state index is -2.52. The molecule has 0 aliphatic rings. The van der Waals surface area contributed by atoms with Crippen LogP contribution in [0.4, 0.5) is 8.78 Å². The Kier molecular flexibility index (Phi) is 2.46. The third kappa shape index (κ3) is 1.73. The van der Waals surface area contributed by atoms with Gasteiger partial charge in [-0.15, -0.1) is 0 Å². The summed E-state index contributed by atoms with van der Waals surface area (Å²) in [4.78, 5) is 10.5. The van der Waals surface area contributed by atoms with Crippen LogP contribution in [0.15, 0.2) is 36.4 Å². The SMILES string of the molecule is O=Cc1ccc2cccc(C(F)F)c2c1. The minimum absolute atomic E-state index is 0.0313. The molecule has 0 fully saturated rings. The van der Waals surface area contributed by atoms with E-state index in [-0.39, 0.29) is 5.56 Å². The Balaban J connectivity index is 2.75. The van der Waals surface area contributed by atoms with Gasteiger partial charge in [0.25, 0.3) is 6.43 Å². The average Bonchev–Trinajstić information content (AvgIpc) is 2.27. The van der Waals surface area contributed by atoms with Crippen LogP contribution in [-0.2, 0) is 0 Å². The highest BCUT2D eigenvalue weighted by molar-refractivity contribution is 5.91. The maximum absolute atomic E-state index is 12.6. The molecule has 1 nitrogen and oxygen atoms in total. The molecule has 0 saturated heterocycles. The first-order chi connectivity index (χ1) is 7.22. The van der Waals surface area contributed by atoms with Crippen LogP contribution in [0.25, 0.3) is 10.8 Å². The van der Waals surface area contributed by atoms with Gasteiger partial charge >= 0.3 is 0 Å². The van der Waals surface area contributed by atoms with E-state index in [0.29, 0.717) is 17.2 Å². The zero-order valence-electron chi connectivity index (χ0n) is 7.78. The van der Waals surface area contributed by atoms with Crippen molar-refractivity contribution >= 4 is 17.1 Å². The van der Waals surface area contributed by atoms with Gasteiger partial charge in [-0.25, -0.2) is 8.78 Å². The van der Waals surface area contributed by atoms with Gasteiger partial charge in [0, 0.05) is 11.1 Å². The van der Waals surface area contributed by atoms with E-state index in [2.05, 4.69) is 0 Å². The lowest BCUT2D eigenvalue weighted by Crippen LogP contribution is -1.88. The van der Waals surface area contributed by atoms with E-state index in [9.17, 15) is 13.6 Å². The standard InChI is InChI=1S/C12H8F2O/c13-12(14)10-3-1-2-9-5-4-8(7-15)6-11(9)10/h1-7,12H. The van der Waals surface area contributed by atoms with Gasteiger partial charge in [0.2, 0.25) is 0 Å². The number of carbonyl (C=O) groups is 1. The molecular weight excluding hydrogens is 198 g/mol. The molecule has 0 amide bonds. The first kappa shape index (κ1) is 9.77. The summed E-state index contributed by atoms with van der Waals surface area (Å²) in [5.41, 5.74) is 0.381. The Bertz CT molecular complexity index is 506. The predicted molar refractivity (Wildman–Crippen MR) is 54.3 cm³/mol. The maximum Gasteiger partial charge on any atom is 0.264 e. The van der Waals surface area contributed by atoms with E-state index in [4.69, 9.17) is 0 Å². The Hall–Kier alpha value is -1.77. The zero-order valence-corrected chi connectivity index (χ0v) is 7.78. The van der Waals surface area contributed by atoms with Crippen LogP contribution in [0, 0.1) is 0 Å². The Morgan fingerprint density at radius 1 is 1.13 bits per heavy atom. The van der Waals surface area contributed by atoms with Crippen molar-refractivity contribution in [2.45, 2.75) is 6.43 Å². The van der Waals surface area contributed by atoms with Gasteiger partial charge in [-0.3, -0.25) is 4.79 Å². The summed E-state index contributed by atoms with van der Waals surface area (Å²) in [6.07, 6.45) is -1.86. The first-order valence-corrected chi connectivity index (χ1v) is 4.48. The number of carbonyl (C=O) groups excluding carboxylic acids is 1. The molecule has 15 heavy (non-hydrogen) atoms. The summed E-state index contributed by atoms with van der Waals surface area (Å²) in [7, 11) is 0. The normalized spacial score (nSPS) is 10.9. The molecule has 0 unspecified atom stereocenters. The number of rotatable bonds is 2. The van der Waals surface area contributed by atoms with Crippen LogP contribution < -0.4 is 0 Å². The Morgan fingerprint density at radius 2 is 1.93 bits per heavy atom. The van der Waals surface area contributed by atoms with Gasteiger partial charge in [0.15, 0.2) is 0 Å². The van der Waals surface area contributed by atoms with E-state index in [0.717, 1.165) is 5.39 Å². The molecule has 0 atom stereocenters. The van der Waals surface area contributed by atoms with Crippen LogP contribution in [0.1, 0.15) is 22.3 Å². The topological polar surface area (TPSA) is 17.1 Å². The highest BCUT2D eigenvalue weighted by Gasteiger charge is 2.10. The molecule has 0 saturated carbocycles. The fourth-order valence-corrected chi connectivity index (χ4v) is 1.58. The number of hydrogen-bond donors (Lipinski definition) is 0. The largest absolute Gasteiger partial charge is 0.298 e. The van der Waals surface area contributed by atoms with Crippen LogP contribution in [0.3, 0.4) is 0 Å². The fourth-order valence-electron chi connectivity index (χ4n) is 1.58. The van der Waals surface area contributed by atoms with Crippen molar-refractivity contribution in [1.29, 1.82) is 0 Å². The van der Waals surface area contributed by atoms with Gasteiger partial charge in [-0.1, -0.05) is 30.3 Å². The predicted octanol–water partition coefficient (Wildman–Crippen LogP) is 3.59. The van der Waals surface area contributed by atoms with Gasteiger partial charge in [0.1, 0.15) is 6.29 Å². The van der Waals surface area contributed by atoms with E-state index in [1.54, 1.807) is 24.3 Å². The lowest BCUT2D eigenvalue weighted by molar-refractivity contribution is 0.112. The molecule has 0 heterocycles. The molecule has 0 spiro atoms. The molecule has 2 aromatic rings. The van der Waals surface area contributed by atoms with Gasteiger partial charge in [-0.05, 0) is 16.8 Å². The molecule has 0 aliphatic heterocycles. The summed E-state index contributed by atoms with van der Waals surface area (Å²) in [5, 5.41) is 1.16. The molecule has 0 bridgehead atoms. The molecule has 76 valence electrons. The summed E-state index contributed by atoms with van der Waals surface area (Å²) in [6, 6.07) is 9.49. The van der Waals surface area contributed by atoms with Crippen molar-refractivity contribution in [2.75, 3.05) is 0 Å². The molecule has 0 aromatic heterocycles. The highest BCUT2D eigenvalue weighted by Crippen LogP contribution is 2.27. The molecular formula is C12H8F2O. The molecule has 3 heteroatoms. The molecule has 0 N–H and O–H groups in total. The number of alkyl halides is 2. The first-order valence-electron chi connectivity index (χ1n) is 4.48. The molecule has 2 aromatic carbocycles. The number of benzene rings is 2. The monoisotopic (exact) mass is 206 g/mol. The number of halogens is 2. The summed E-state index contributed by atoms with van der Waals surface area (Å²) in [5.74, 6) is 0. The van der Waals surface area contributed by atoms with Crippen molar-refractivity contribution in [3.63, 3.8) is 0 Å². The van der Waals surface area contributed by atoms with Crippen molar-refractivity contribution in [2.24, 2.45) is 0 Å². The Morgan fingerprint density at radius 3 is 2.60 bits per heavy atom. The lowest BCUT2D eigenvalue weighted by atomic mass is 10.0. The number of aldehydes is 1. The van der Waals surface area contributed by atoms with E-state index >= 15 is 0 Å². The fraction of sp³-hybridized carbons (Fsp3) is 0.0833. The summed E-state index contributed by atoms with van der Waals surface area (Å²) >= 11 is 0. The zero-order chi connectivity index (χ0) is 10.8. The van der Waals surface area contributed by atoms with Crippen molar-refractivity contribution in [3.05, 3.63) is 47.5 Å². The van der Waals surface area contributed by atoms with Crippen LogP contribution in [-0.4, -0.2) is 6.29 Å². The lowest BCUT2D eigenvalue weighted by Gasteiger charge is -2.05. The van der Waals surface area contributed by atoms with Crippen molar-refractivity contribution < 1.29 is 13.6 Å². The summed E-state index contributed by atoms with van der Waals surface area (Å²) in [6.45, 7) is 0. The second-order valence-corrected chi connectivity index (χ2v) is 3.25. The second-order valence-electron chi connectivity index (χ2n) is 3.25. The number of hydrogen-bond acceptors (Lipinski definition) is 1. The molecule has 0 radical (unpaired) electrons. The van der Waals surface area contributed by atoms with E-state index in [1.165, 1.54) is 12.1 Å². The molecule has 0 aliphatic carbocycles. The smallest absolute Gasteiger partial charge is 0.264 e. The Labute approximate surface area is 85.3 Å². The van der Waals surface area contributed by atoms with Crippen molar-refractivity contribution in [3.8, 4) is 0 Å². The third-order valence-corrected chi connectivity index (χ3v) is 2.31. The maximum atomic E-state index is 12.6. The van der Waals surface area contributed by atoms with E-state index in [1.807, 2.05) is 0 Å². The number of fused-ring (bicyclic) bond motifs is 1. The third-order valence-electron chi connectivity index (χ3n) is 2.31. The van der Waals surface area contributed by atoms with Crippen LogP contribution in [0.2, 0.25) is 0 Å². The van der Waals surface area contributed by atoms with E-state index < -0.39 is 6.43 Å². The van der Waals surface area contributed by atoms with Gasteiger partial charge < -0.3 is 0 Å². The van der Waals surface area contributed by atoms with Crippen LogP contribution >= 0.6 is 0 Å². The van der Waals surface area contributed by atoms with Crippen molar-refractivity contribution in [1.82, 2.24) is 0 Å². The van der Waals surface area contributed by atoms with Crippen LogP contribution in [0.5, 0.6) is 0 Å². The average molecular weight is 206 g/mol.